The summed E-state index contributed by atoms with van der Waals surface area (Å²) in [6, 6.07) is 0. The summed E-state index contributed by atoms with van der Waals surface area (Å²) in [7, 11) is 0. The van der Waals surface area contributed by atoms with Crippen molar-refractivity contribution in [1.29, 1.82) is 0 Å². The van der Waals surface area contributed by atoms with E-state index in [1.54, 1.807) is 0 Å². The van der Waals surface area contributed by atoms with Gasteiger partial charge in [0.2, 0.25) is 0 Å². The zero-order chi connectivity index (χ0) is 13.1. The van der Waals surface area contributed by atoms with Crippen LogP contribution >= 0.6 is 0 Å². The summed E-state index contributed by atoms with van der Waals surface area (Å²) < 4.78 is 51.0. The maximum atomic E-state index is 11.8. The largest absolute Gasteiger partial charge is 0.389 e. The highest BCUT2D eigenvalue weighted by atomic mass is 19.4. The molecular formula is C11H21F3O3. The Morgan fingerprint density at radius 3 is 2.06 bits per heavy atom. The maximum absolute atomic E-state index is 11.8. The summed E-state index contributed by atoms with van der Waals surface area (Å²) >= 11 is 0. The first-order valence-electron chi connectivity index (χ1n) is 5.87. The third kappa shape index (κ3) is 11.9. The van der Waals surface area contributed by atoms with Crippen LogP contribution in [0, 0.1) is 0 Å². The van der Waals surface area contributed by atoms with E-state index in [1.165, 1.54) is 0 Å². The van der Waals surface area contributed by atoms with Crippen LogP contribution in [0.2, 0.25) is 0 Å². The van der Waals surface area contributed by atoms with E-state index in [0.29, 0.717) is 26.2 Å². The second kappa shape index (κ2) is 9.67. The Balaban J connectivity index is 3.41. The Labute approximate surface area is 100 Å². The second-order valence-corrected chi connectivity index (χ2v) is 3.46. The Bertz CT molecular complexity index is 168. The fourth-order valence-electron chi connectivity index (χ4n) is 1.24. The van der Waals surface area contributed by atoms with Crippen molar-refractivity contribution in [3.8, 4) is 0 Å². The first-order valence-corrected chi connectivity index (χ1v) is 5.87. The summed E-state index contributed by atoms with van der Waals surface area (Å²) in [5.74, 6) is 0. The number of ether oxygens (including phenoxy) is 3. The molecule has 0 aliphatic heterocycles. The van der Waals surface area contributed by atoms with Crippen molar-refractivity contribution in [3.63, 3.8) is 0 Å². The first-order chi connectivity index (χ1) is 7.99. The molecule has 17 heavy (non-hydrogen) atoms. The number of hydrogen-bond acceptors (Lipinski definition) is 3. The number of halogens is 3. The molecule has 3 nitrogen and oxygen atoms in total. The van der Waals surface area contributed by atoms with Gasteiger partial charge in [-0.1, -0.05) is 0 Å². The lowest BCUT2D eigenvalue weighted by atomic mass is 10.3. The van der Waals surface area contributed by atoms with E-state index in [1.807, 2.05) is 13.8 Å². The molecule has 0 unspecified atom stereocenters. The van der Waals surface area contributed by atoms with Gasteiger partial charge in [0.25, 0.3) is 0 Å². The van der Waals surface area contributed by atoms with E-state index in [9.17, 15) is 13.2 Å². The fourth-order valence-corrected chi connectivity index (χ4v) is 1.24. The van der Waals surface area contributed by atoms with Gasteiger partial charge >= 0.3 is 6.18 Å². The summed E-state index contributed by atoms with van der Waals surface area (Å²) in [5.41, 5.74) is 0. The molecule has 6 heteroatoms. The number of rotatable bonds is 10. The molecule has 0 aromatic carbocycles. The van der Waals surface area contributed by atoms with Crippen LogP contribution in [0.5, 0.6) is 0 Å². The topological polar surface area (TPSA) is 27.7 Å². The molecule has 0 amide bonds. The lowest BCUT2D eigenvalue weighted by Crippen LogP contribution is -2.19. The van der Waals surface area contributed by atoms with Crippen LogP contribution in [-0.4, -0.2) is 38.9 Å². The van der Waals surface area contributed by atoms with Crippen molar-refractivity contribution in [2.45, 2.75) is 45.6 Å². The van der Waals surface area contributed by atoms with Gasteiger partial charge in [0, 0.05) is 32.7 Å². The highest BCUT2D eigenvalue weighted by Gasteiger charge is 2.25. The molecule has 0 heterocycles. The van der Waals surface area contributed by atoms with E-state index < -0.39 is 12.6 Å². The molecule has 0 atom stereocenters. The smallest absolute Gasteiger partial charge is 0.381 e. The molecular weight excluding hydrogens is 237 g/mol. The van der Waals surface area contributed by atoms with E-state index in [-0.39, 0.29) is 19.3 Å². The van der Waals surface area contributed by atoms with E-state index >= 15 is 0 Å². The highest BCUT2D eigenvalue weighted by molar-refractivity contribution is 4.50. The minimum atomic E-state index is -4.09. The molecule has 0 aromatic rings. The predicted molar refractivity (Wildman–Crippen MR) is 57.8 cm³/mol. The Hall–Kier alpha value is -0.330. The van der Waals surface area contributed by atoms with Crippen LogP contribution in [0.3, 0.4) is 0 Å². The first kappa shape index (κ1) is 16.7. The van der Waals surface area contributed by atoms with Crippen molar-refractivity contribution in [2.24, 2.45) is 0 Å². The molecule has 0 radical (unpaired) electrons. The summed E-state index contributed by atoms with van der Waals surface area (Å²) in [5, 5.41) is 0. The van der Waals surface area contributed by atoms with Gasteiger partial charge in [0.05, 0.1) is 6.61 Å². The van der Waals surface area contributed by atoms with Crippen LogP contribution in [0.1, 0.15) is 33.1 Å². The van der Waals surface area contributed by atoms with E-state index in [4.69, 9.17) is 14.2 Å². The molecule has 0 aliphatic rings. The molecule has 0 aromatic heterocycles. The zero-order valence-corrected chi connectivity index (χ0v) is 10.4. The maximum Gasteiger partial charge on any atom is 0.389 e. The van der Waals surface area contributed by atoms with Gasteiger partial charge in [-0.3, -0.25) is 0 Å². The molecule has 0 bridgehead atoms. The van der Waals surface area contributed by atoms with Crippen molar-refractivity contribution in [1.82, 2.24) is 0 Å². The highest BCUT2D eigenvalue weighted by Crippen LogP contribution is 2.21. The van der Waals surface area contributed by atoms with Crippen LogP contribution < -0.4 is 0 Å². The van der Waals surface area contributed by atoms with Crippen molar-refractivity contribution < 1.29 is 27.4 Å². The SMILES string of the molecule is CCOC(CCOCCCC(F)(F)F)OCC. The molecule has 104 valence electrons. The van der Waals surface area contributed by atoms with Gasteiger partial charge in [-0.15, -0.1) is 0 Å². The predicted octanol–water partition coefficient (Wildman–Crippen LogP) is 3.13. The molecule has 0 saturated carbocycles. The molecule has 0 fully saturated rings. The minimum Gasteiger partial charge on any atom is -0.381 e. The van der Waals surface area contributed by atoms with E-state index in [0.717, 1.165) is 0 Å². The zero-order valence-electron chi connectivity index (χ0n) is 10.4. The quantitative estimate of drug-likeness (QED) is 0.445. The monoisotopic (exact) mass is 258 g/mol. The van der Waals surface area contributed by atoms with Gasteiger partial charge in [-0.25, -0.2) is 0 Å². The minimum absolute atomic E-state index is 0.00254. The van der Waals surface area contributed by atoms with Crippen LogP contribution in [-0.2, 0) is 14.2 Å². The van der Waals surface area contributed by atoms with Crippen molar-refractivity contribution >= 4 is 0 Å². The van der Waals surface area contributed by atoms with E-state index in [2.05, 4.69) is 0 Å². The molecule has 0 aliphatic carbocycles. The van der Waals surface area contributed by atoms with Gasteiger partial charge in [0.15, 0.2) is 6.29 Å². The third-order valence-corrected chi connectivity index (χ3v) is 1.95. The molecule has 0 spiro atoms. The lowest BCUT2D eigenvalue weighted by molar-refractivity contribution is -0.149. The number of hydrogen-bond donors (Lipinski definition) is 0. The summed E-state index contributed by atoms with van der Waals surface area (Å²) in [4.78, 5) is 0. The normalized spacial score (nSPS) is 12.4. The van der Waals surface area contributed by atoms with Gasteiger partial charge in [0.1, 0.15) is 0 Å². The Morgan fingerprint density at radius 2 is 1.59 bits per heavy atom. The number of alkyl halides is 3. The summed E-state index contributed by atoms with van der Waals surface area (Å²) in [6.07, 6.45) is -4.69. The van der Waals surface area contributed by atoms with Crippen LogP contribution in [0.4, 0.5) is 13.2 Å². The van der Waals surface area contributed by atoms with Crippen LogP contribution in [0.15, 0.2) is 0 Å². The standard InChI is InChI=1S/C11H21F3O3/c1-3-16-10(17-4-2)6-9-15-8-5-7-11(12,13)14/h10H,3-9H2,1-2H3. The third-order valence-electron chi connectivity index (χ3n) is 1.95. The Kier molecular flexibility index (Phi) is 9.49. The lowest BCUT2D eigenvalue weighted by Gasteiger charge is -2.16. The van der Waals surface area contributed by atoms with Gasteiger partial charge < -0.3 is 14.2 Å². The van der Waals surface area contributed by atoms with Gasteiger partial charge in [-0.05, 0) is 20.3 Å². The molecule has 0 saturated heterocycles. The molecule has 0 rings (SSSR count). The Morgan fingerprint density at radius 1 is 1.00 bits per heavy atom. The van der Waals surface area contributed by atoms with Crippen LogP contribution in [0.25, 0.3) is 0 Å². The van der Waals surface area contributed by atoms with Crippen molar-refractivity contribution in [3.05, 3.63) is 0 Å². The van der Waals surface area contributed by atoms with Crippen molar-refractivity contribution in [2.75, 3.05) is 26.4 Å². The molecule has 0 N–H and O–H groups in total. The fraction of sp³-hybridized carbons (Fsp3) is 1.00. The average Bonchev–Trinajstić information content (AvgIpc) is 2.22. The average molecular weight is 258 g/mol. The summed E-state index contributed by atoms with van der Waals surface area (Å²) in [6.45, 7) is 5.26. The van der Waals surface area contributed by atoms with Gasteiger partial charge in [-0.2, -0.15) is 13.2 Å². The second-order valence-electron chi connectivity index (χ2n) is 3.46.